The quantitative estimate of drug-likeness (QED) is 0.866. The molecule has 2 aromatic carbocycles. The summed E-state index contributed by atoms with van der Waals surface area (Å²) in [7, 11) is -3.23. The van der Waals surface area contributed by atoms with Gasteiger partial charge < -0.3 is 5.11 Å². The van der Waals surface area contributed by atoms with Crippen LogP contribution in [0.2, 0.25) is 0 Å². The molecule has 2 aromatic rings. The van der Waals surface area contributed by atoms with Crippen molar-refractivity contribution in [2.45, 2.75) is 14.7 Å². The Morgan fingerprint density at radius 1 is 1.14 bits per heavy atom. The standard InChI is InChI=1S/C14H11BrO4S2/c1-21(18,19)10-7-5-9(6-8-10)20-12-4-2-3-11(15)13(12)14(16)17/h2-8H,1H3,(H,16,17). The van der Waals surface area contributed by atoms with Crippen molar-refractivity contribution < 1.29 is 18.3 Å². The lowest BCUT2D eigenvalue weighted by Crippen LogP contribution is -2.00. The van der Waals surface area contributed by atoms with Crippen molar-refractivity contribution >= 4 is 43.5 Å². The van der Waals surface area contributed by atoms with Gasteiger partial charge in [0.05, 0.1) is 10.5 Å². The maximum absolute atomic E-state index is 11.4. The predicted octanol–water partition coefficient (Wildman–Crippen LogP) is 3.70. The molecule has 0 saturated heterocycles. The normalized spacial score (nSPS) is 11.3. The predicted molar refractivity (Wildman–Crippen MR) is 84.8 cm³/mol. The summed E-state index contributed by atoms with van der Waals surface area (Å²) in [5.74, 6) is -1.02. The van der Waals surface area contributed by atoms with Gasteiger partial charge in [-0.3, -0.25) is 0 Å². The van der Waals surface area contributed by atoms with Crippen LogP contribution in [0.3, 0.4) is 0 Å². The van der Waals surface area contributed by atoms with Crippen molar-refractivity contribution in [3.05, 3.63) is 52.5 Å². The second-order valence-electron chi connectivity index (χ2n) is 4.26. The van der Waals surface area contributed by atoms with E-state index in [4.69, 9.17) is 0 Å². The first kappa shape index (κ1) is 16.1. The highest BCUT2D eigenvalue weighted by Crippen LogP contribution is 2.34. The molecule has 21 heavy (non-hydrogen) atoms. The van der Waals surface area contributed by atoms with E-state index in [1.165, 1.54) is 23.9 Å². The third kappa shape index (κ3) is 3.87. The van der Waals surface area contributed by atoms with Gasteiger partial charge in [0, 0.05) is 20.5 Å². The maximum atomic E-state index is 11.4. The van der Waals surface area contributed by atoms with Gasteiger partial charge >= 0.3 is 5.97 Å². The van der Waals surface area contributed by atoms with E-state index in [2.05, 4.69) is 15.9 Å². The van der Waals surface area contributed by atoms with Crippen LogP contribution >= 0.6 is 27.7 Å². The Bertz CT molecular complexity index is 783. The number of benzene rings is 2. The molecule has 0 aromatic heterocycles. The van der Waals surface area contributed by atoms with Crippen molar-refractivity contribution in [2.24, 2.45) is 0 Å². The molecule has 0 bridgehead atoms. The summed E-state index contributed by atoms with van der Waals surface area (Å²) in [4.78, 5) is 12.9. The Hall–Kier alpha value is -1.31. The van der Waals surface area contributed by atoms with Crippen molar-refractivity contribution in [3.8, 4) is 0 Å². The van der Waals surface area contributed by atoms with Crippen molar-refractivity contribution in [1.82, 2.24) is 0 Å². The van der Waals surface area contributed by atoms with Gasteiger partial charge in [0.25, 0.3) is 0 Å². The molecular weight excluding hydrogens is 376 g/mol. The van der Waals surface area contributed by atoms with Gasteiger partial charge in [0.2, 0.25) is 0 Å². The number of hydrogen-bond donors (Lipinski definition) is 1. The summed E-state index contributed by atoms with van der Waals surface area (Å²) in [6, 6.07) is 11.5. The van der Waals surface area contributed by atoms with E-state index in [9.17, 15) is 18.3 Å². The SMILES string of the molecule is CS(=O)(=O)c1ccc(Sc2cccc(Br)c2C(=O)O)cc1. The molecule has 0 spiro atoms. The molecule has 0 fully saturated rings. The molecule has 0 unspecified atom stereocenters. The zero-order valence-corrected chi connectivity index (χ0v) is 14.1. The van der Waals surface area contributed by atoms with E-state index < -0.39 is 15.8 Å². The molecule has 2 rings (SSSR count). The lowest BCUT2D eigenvalue weighted by atomic mass is 10.2. The van der Waals surface area contributed by atoms with Crippen LogP contribution in [-0.2, 0) is 9.84 Å². The van der Waals surface area contributed by atoms with Crippen LogP contribution in [-0.4, -0.2) is 25.7 Å². The molecular formula is C14H11BrO4S2. The van der Waals surface area contributed by atoms with Gasteiger partial charge in [-0.25, -0.2) is 13.2 Å². The number of halogens is 1. The molecule has 0 heterocycles. The van der Waals surface area contributed by atoms with Gasteiger partial charge in [-0.2, -0.15) is 0 Å². The van der Waals surface area contributed by atoms with E-state index in [0.717, 1.165) is 11.2 Å². The average Bonchev–Trinajstić information content (AvgIpc) is 2.38. The second-order valence-corrected chi connectivity index (χ2v) is 8.25. The van der Waals surface area contributed by atoms with Crippen LogP contribution < -0.4 is 0 Å². The van der Waals surface area contributed by atoms with Crippen molar-refractivity contribution in [3.63, 3.8) is 0 Å². The fraction of sp³-hybridized carbons (Fsp3) is 0.0714. The lowest BCUT2D eigenvalue weighted by Gasteiger charge is -2.08. The monoisotopic (exact) mass is 386 g/mol. The minimum Gasteiger partial charge on any atom is -0.478 e. The van der Waals surface area contributed by atoms with Crippen molar-refractivity contribution in [1.29, 1.82) is 0 Å². The molecule has 4 nitrogen and oxygen atoms in total. The fourth-order valence-electron chi connectivity index (χ4n) is 1.68. The third-order valence-electron chi connectivity index (χ3n) is 2.67. The highest BCUT2D eigenvalue weighted by Gasteiger charge is 2.15. The molecule has 0 aliphatic carbocycles. The summed E-state index contributed by atoms with van der Waals surface area (Å²) in [6.45, 7) is 0. The van der Waals surface area contributed by atoms with Gasteiger partial charge in [0.1, 0.15) is 0 Å². The number of carboxylic acid groups (broad SMARTS) is 1. The van der Waals surface area contributed by atoms with E-state index >= 15 is 0 Å². The number of hydrogen-bond acceptors (Lipinski definition) is 4. The minimum absolute atomic E-state index is 0.190. The Labute approximate surface area is 135 Å². The van der Waals surface area contributed by atoms with Crippen LogP contribution in [0.25, 0.3) is 0 Å². The maximum Gasteiger partial charge on any atom is 0.338 e. The van der Waals surface area contributed by atoms with Crippen LogP contribution in [0.4, 0.5) is 0 Å². The second kappa shape index (κ2) is 6.21. The molecule has 7 heteroatoms. The molecule has 0 aliphatic heterocycles. The summed E-state index contributed by atoms with van der Waals surface area (Å²) in [5, 5.41) is 9.25. The molecule has 0 radical (unpaired) electrons. The van der Waals surface area contributed by atoms with Crippen LogP contribution in [0.5, 0.6) is 0 Å². The number of rotatable bonds is 4. The minimum atomic E-state index is -3.23. The first-order chi connectivity index (χ1) is 9.79. The smallest absolute Gasteiger partial charge is 0.338 e. The molecule has 0 aliphatic rings. The Balaban J connectivity index is 2.35. The van der Waals surface area contributed by atoms with Crippen LogP contribution in [0.1, 0.15) is 10.4 Å². The first-order valence-electron chi connectivity index (χ1n) is 5.79. The van der Waals surface area contributed by atoms with Gasteiger partial charge in [-0.15, -0.1) is 0 Å². The Morgan fingerprint density at radius 3 is 2.29 bits per heavy atom. The fourth-order valence-corrected chi connectivity index (χ4v) is 3.95. The van der Waals surface area contributed by atoms with Crippen LogP contribution in [0, 0.1) is 0 Å². The largest absolute Gasteiger partial charge is 0.478 e. The summed E-state index contributed by atoms with van der Waals surface area (Å²) >= 11 is 4.50. The van der Waals surface area contributed by atoms with Gasteiger partial charge in [-0.05, 0) is 52.3 Å². The van der Waals surface area contributed by atoms with E-state index in [0.29, 0.717) is 9.37 Å². The topological polar surface area (TPSA) is 71.4 Å². The van der Waals surface area contributed by atoms with Gasteiger partial charge in [0.15, 0.2) is 9.84 Å². The van der Waals surface area contributed by atoms with Crippen LogP contribution in [0.15, 0.2) is 61.6 Å². The third-order valence-corrected chi connectivity index (χ3v) is 5.53. The number of carboxylic acids is 1. The molecule has 110 valence electrons. The Morgan fingerprint density at radius 2 is 1.76 bits per heavy atom. The number of carbonyl (C=O) groups is 1. The summed E-state index contributed by atoms with van der Waals surface area (Å²) in [5.41, 5.74) is 0.190. The number of sulfone groups is 1. The van der Waals surface area contributed by atoms with Gasteiger partial charge in [-0.1, -0.05) is 17.8 Å². The summed E-state index contributed by atoms with van der Waals surface area (Å²) < 4.78 is 23.3. The first-order valence-corrected chi connectivity index (χ1v) is 9.29. The Kier molecular flexibility index (Phi) is 4.75. The van der Waals surface area contributed by atoms with E-state index in [1.807, 2.05) is 0 Å². The molecule has 0 saturated carbocycles. The highest BCUT2D eigenvalue weighted by atomic mass is 79.9. The van der Waals surface area contributed by atoms with E-state index in [-0.39, 0.29) is 10.5 Å². The zero-order chi connectivity index (χ0) is 15.6. The molecule has 0 atom stereocenters. The molecule has 0 amide bonds. The highest BCUT2D eigenvalue weighted by molar-refractivity contribution is 9.10. The summed E-state index contributed by atoms with van der Waals surface area (Å²) in [6.07, 6.45) is 1.14. The van der Waals surface area contributed by atoms with E-state index in [1.54, 1.807) is 30.3 Å². The van der Waals surface area contributed by atoms with Crippen molar-refractivity contribution in [2.75, 3.05) is 6.26 Å². The average molecular weight is 387 g/mol. The zero-order valence-electron chi connectivity index (χ0n) is 10.9. The lowest BCUT2D eigenvalue weighted by molar-refractivity contribution is 0.0692. The molecule has 1 N–H and O–H groups in total. The number of aromatic carboxylic acids is 1.